The van der Waals surface area contributed by atoms with Crippen molar-refractivity contribution in [2.24, 2.45) is 0 Å². The molecule has 0 bridgehead atoms. The Kier molecular flexibility index (Phi) is 4.93. The lowest BCUT2D eigenvalue weighted by molar-refractivity contribution is 0.102. The highest BCUT2D eigenvalue weighted by Gasteiger charge is 2.19. The van der Waals surface area contributed by atoms with Crippen LogP contribution in [0.2, 0.25) is 0 Å². The van der Waals surface area contributed by atoms with Crippen LogP contribution >= 0.6 is 0 Å². The fourth-order valence-corrected chi connectivity index (χ4v) is 2.66. The molecule has 0 unspecified atom stereocenters. The van der Waals surface area contributed by atoms with E-state index in [-0.39, 0.29) is 11.5 Å². The Hall–Kier alpha value is -3.62. The molecule has 3 rings (SSSR count). The van der Waals surface area contributed by atoms with E-state index in [1.165, 1.54) is 25.0 Å². The molecule has 0 spiro atoms. The minimum atomic E-state index is -0.415. The molecule has 27 heavy (non-hydrogen) atoms. The zero-order valence-corrected chi connectivity index (χ0v) is 15.4. The van der Waals surface area contributed by atoms with Crippen LogP contribution in [0.3, 0.4) is 0 Å². The molecular formula is C18H19N5O4. The molecule has 2 aromatic heterocycles. The summed E-state index contributed by atoms with van der Waals surface area (Å²) >= 11 is 0. The van der Waals surface area contributed by atoms with Crippen LogP contribution in [0, 0.1) is 13.8 Å². The van der Waals surface area contributed by atoms with Crippen LogP contribution in [-0.4, -0.2) is 39.9 Å². The Morgan fingerprint density at radius 1 is 1.15 bits per heavy atom. The number of para-hydroxylation sites is 1. The Bertz CT molecular complexity index is 1050. The van der Waals surface area contributed by atoms with Crippen LogP contribution in [0.4, 0.5) is 5.82 Å². The SMILES string of the molecule is COc1cccc(C(=O)Nc2cc(C)nn2-c2nc(C)cc(=O)[nH]2)c1OC. The van der Waals surface area contributed by atoms with E-state index in [0.29, 0.717) is 34.3 Å². The van der Waals surface area contributed by atoms with Gasteiger partial charge in [-0.3, -0.25) is 14.6 Å². The lowest BCUT2D eigenvalue weighted by Crippen LogP contribution is -2.19. The molecule has 0 aliphatic rings. The molecule has 3 aromatic rings. The van der Waals surface area contributed by atoms with E-state index in [4.69, 9.17) is 9.47 Å². The molecule has 0 atom stereocenters. The second kappa shape index (κ2) is 7.32. The molecule has 0 aliphatic carbocycles. The van der Waals surface area contributed by atoms with E-state index in [1.54, 1.807) is 38.1 Å². The van der Waals surface area contributed by atoms with E-state index in [9.17, 15) is 9.59 Å². The monoisotopic (exact) mass is 369 g/mol. The summed E-state index contributed by atoms with van der Waals surface area (Å²) in [4.78, 5) is 31.4. The fourth-order valence-electron chi connectivity index (χ4n) is 2.66. The molecule has 140 valence electrons. The van der Waals surface area contributed by atoms with Crippen LogP contribution < -0.4 is 20.3 Å². The van der Waals surface area contributed by atoms with Gasteiger partial charge in [-0.05, 0) is 26.0 Å². The summed E-state index contributed by atoms with van der Waals surface area (Å²) in [6, 6.07) is 8.06. The quantitative estimate of drug-likeness (QED) is 0.710. The molecule has 0 radical (unpaired) electrons. The minimum absolute atomic E-state index is 0.209. The van der Waals surface area contributed by atoms with Gasteiger partial charge in [-0.2, -0.15) is 9.78 Å². The number of nitrogens with zero attached hydrogens (tertiary/aromatic N) is 3. The van der Waals surface area contributed by atoms with Crippen molar-refractivity contribution in [3.8, 4) is 17.4 Å². The lowest BCUT2D eigenvalue weighted by Gasteiger charge is -2.13. The number of amides is 1. The lowest BCUT2D eigenvalue weighted by atomic mass is 10.1. The van der Waals surface area contributed by atoms with E-state index >= 15 is 0 Å². The van der Waals surface area contributed by atoms with Crippen LogP contribution in [0.25, 0.3) is 5.95 Å². The first kappa shape index (κ1) is 18.2. The largest absolute Gasteiger partial charge is 0.493 e. The van der Waals surface area contributed by atoms with E-state index < -0.39 is 5.91 Å². The summed E-state index contributed by atoms with van der Waals surface area (Å²) in [7, 11) is 2.96. The second-order valence-corrected chi connectivity index (χ2v) is 5.79. The van der Waals surface area contributed by atoms with Gasteiger partial charge in [-0.1, -0.05) is 6.07 Å². The number of ether oxygens (including phenoxy) is 2. The average Bonchev–Trinajstić information content (AvgIpc) is 3.00. The van der Waals surface area contributed by atoms with Gasteiger partial charge < -0.3 is 14.8 Å². The van der Waals surface area contributed by atoms with Crippen molar-refractivity contribution in [3.63, 3.8) is 0 Å². The van der Waals surface area contributed by atoms with E-state index in [0.717, 1.165) is 0 Å². The fraction of sp³-hybridized carbons (Fsp3) is 0.222. The Balaban J connectivity index is 2.00. The highest BCUT2D eigenvalue weighted by atomic mass is 16.5. The third-order valence-electron chi connectivity index (χ3n) is 3.78. The summed E-state index contributed by atoms with van der Waals surface area (Å²) in [6.07, 6.45) is 0. The first-order chi connectivity index (χ1) is 12.9. The number of aromatic nitrogens is 4. The number of rotatable bonds is 5. The van der Waals surface area contributed by atoms with Crippen molar-refractivity contribution in [2.45, 2.75) is 13.8 Å². The van der Waals surface area contributed by atoms with Gasteiger partial charge in [0, 0.05) is 17.8 Å². The van der Waals surface area contributed by atoms with Crippen LogP contribution in [0.5, 0.6) is 11.5 Å². The summed E-state index contributed by atoms with van der Waals surface area (Å²) < 4.78 is 11.9. The van der Waals surface area contributed by atoms with Crippen molar-refractivity contribution >= 4 is 11.7 Å². The maximum absolute atomic E-state index is 12.8. The molecule has 1 aromatic carbocycles. The number of aromatic amines is 1. The average molecular weight is 369 g/mol. The van der Waals surface area contributed by atoms with Crippen molar-refractivity contribution in [1.29, 1.82) is 0 Å². The topological polar surface area (TPSA) is 111 Å². The number of benzene rings is 1. The predicted molar refractivity (Wildman–Crippen MR) is 99.0 cm³/mol. The summed E-state index contributed by atoms with van der Waals surface area (Å²) in [6.45, 7) is 3.47. The molecule has 0 saturated heterocycles. The van der Waals surface area contributed by atoms with Crippen molar-refractivity contribution in [3.05, 3.63) is 57.6 Å². The molecule has 0 saturated carbocycles. The highest BCUT2D eigenvalue weighted by Crippen LogP contribution is 2.31. The number of aryl methyl sites for hydroxylation is 2. The van der Waals surface area contributed by atoms with Gasteiger partial charge >= 0.3 is 0 Å². The molecule has 0 aliphatic heterocycles. The highest BCUT2D eigenvalue weighted by molar-refractivity contribution is 6.06. The van der Waals surface area contributed by atoms with Crippen LogP contribution in [0.1, 0.15) is 21.7 Å². The first-order valence-corrected chi connectivity index (χ1v) is 8.10. The van der Waals surface area contributed by atoms with Crippen molar-refractivity contribution < 1.29 is 14.3 Å². The molecule has 9 nitrogen and oxygen atoms in total. The molecule has 2 N–H and O–H groups in total. The third-order valence-corrected chi connectivity index (χ3v) is 3.78. The molecule has 0 fully saturated rings. The molecule has 1 amide bonds. The Morgan fingerprint density at radius 2 is 1.93 bits per heavy atom. The number of H-pyrrole nitrogens is 1. The van der Waals surface area contributed by atoms with Gasteiger partial charge in [0.05, 0.1) is 25.5 Å². The number of hydrogen-bond acceptors (Lipinski definition) is 6. The van der Waals surface area contributed by atoms with Gasteiger partial charge in [0.1, 0.15) is 5.82 Å². The van der Waals surface area contributed by atoms with Gasteiger partial charge in [0.15, 0.2) is 11.5 Å². The van der Waals surface area contributed by atoms with Crippen LogP contribution in [-0.2, 0) is 0 Å². The zero-order valence-electron chi connectivity index (χ0n) is 15.4. The van der Waals surface area contributed by atoms with Gasteiger partial charge in [-0.25, -0.2) is 4.98 Å². The number of carbonyl (C=O) groups is 1. The normalized spacial score (nSPS) is 10.5. The number of carbonyl (C=O) groups excluding carboxylic acids is 1. The number of hydrogen-bond donors (Lipinski definition) is 2. The summed E-state index contributed by atoms with van der Waals surface area (Å²) in [5.74, 6) is 0.918. The van der Waals surface area contributed by atoms with Gasteiger partial charge in [-0.15, -0.1) is 0 Å². The van der Waals surface area contributed by atoms with Gasteiger partial charge in [0.25, 0.3) is 11.5 Å². The summed E-state index contributed by atoms with van der Waals surface area (Å²) in [5.41, 5.74) is 1.17. The molecule has 9 heteroatoms. The zero-order chi connectivity index (χ0) is 19.6. The Labute approximate surface area is 155 Å². The number of methoxy groups -OCH3 is 2. The van der Waals surface area contributed by atoms with Crippen molar-refractivity contribution in [1.82, 2.24) is 19.7 Å². The maximum atomic E-state index is 12.8. The minimum Gasteiger partial charge on any atom is -0.493 e. The number of nitrogens with one attached hydrogen (secondary N) is 2. The smallest absolute Gasteiger partial charge is 0.260 e. The predicted octanol–water partition coefficient (Wildman–Crippen LogP) is 1.84. The van der Waals surface area contributed by atoms with Gasteiger partial charge in [0.2, 0.25) is 5.95 Å². The van der Waals surface area contributed by atoms with Crippen molar-refractivity contribution in [2.75, 3.05) is 19.5 Å². The van der Waals surface area contributed by atoms with Crippen LogP contribution in [0.15, 0.2) is 35.1 Å². The second-order valence-electron chi connectivity index (χ2n) is 5.79. The van der Waals surface area contributed by atoms with E-state index in [2.05, 4.69) is 20.4 Å². The molecular weight excluding hydrogens is 350 g/mol. The number of anilines is 1. The maximum Gasteiger partial charge on any atom is 0.260 e. The summed E-state index contributed by atoms with van der Waals surface area (Å²) in [5, 5.41) is 7.07. The first-order valence-electron chi connectivity index (χ1n) is 8.10. The molecule has 2 heterocycles. The third kappa shape index (κ3) is 3.66. The van der Waals surface area contributed by atoms with E-state index in [1.807, 2.05) is 0 Å². The standard InChI is InChI=1S/C18H19N5O4/c1-10-9-15(24)21-18(19-10)23-14(8-11(2)22-23)20-17(25)12-6-5-7-13(26-3)16(12)27-4/h5-9H,1-4H3,(H,20,25)(H,19,21,24). The Morgan fingerprint density at radius 3 is 2.59 bits per heavy atom.